The molecule has 1 aliphatic rings. The number of ether oxygens (including phenoxy) is 1. The fourth-order valence-corrected chi connectivity index (χ4v) is 3.69. The van der Waals surface area contributed by atoms with Gasteiger partial charge in [0.05, 0.1) is 11.6 Å². The molecule has 0 saturated heterocycles. The molecule has 1 aliphatic carbocycles. The average molecular weight is 304 g/mol. The summed E-state index contributed by atoms with van der Waals surface area (Å²) in [5.74, 6) is 0.926. The number of nitrogens with one attached hydrogen (secondary N) is 1. The maximum atomic E-state index is 5.25. The number of methoxy groups -OCH3 is 1. The highest BCUT2D eigenvalue weighted by Gasteiger charge is 2.35. The second-order valence-corrected chi connectivity index (χ2v) is 6.28. The zero-order valence-electron chi connectivity index (χ0n) is 9.75. The number of rotatable bonds is 6. The van der Waals surface area contributed by atoms with Crippen LogP contribution in [0.1, 0.15) is 31.1 Å². The SMILES string of the molecule is CCCC1CC1NCc1cc(Br)c(OC)s1. The molecule has 2 nitrogen and oxygen atoms in total. The van der Waals surface area contributed by atoms with Crippen LogP contribution in [0.3, 0.4) is 0 Å². The molecule has 16 heavy (non-hydrogen) atoms. The predicted molar refractivity (Wildman–Crippen MR) is 72.2 cm³/mol. The maximum Gasteiger partial charge on any atom is 0.188 e. The molecule has 1 heterocycles. The molecule has 2 rings (SSSR count). The van der Waals surface area contributed by atoms with E-state index in [1.54, 1.807) is 18.4 Å². The number of hydrogen-bond donors (Lipinski definition) is 1. The molecule has 0 spiro atoms. The van der Waals surface area contributed by atoms with Gasteiger partial charge in [0.15, 0.2) is 5.06 Å². The van der Waals surface area contributed by atoms with Crippen LogP contribution in [0.4, 0.5) is 0 Å². The van der Waals surface area contributed by atoms with Crippen LogP contribution in [0.5, 0.6) is 5.06 Å². The monoisotopic (exact) mass is 303 g/mol. The largest absolute Gasteiger partial charge is 0.486 e. The van der Waals surface area contributed by atoms with Crippen molar-refractivity contribution >= 4 is 27.3 Å². The van der Waals surface area contributed by atoms with Crippen LogP contribution in [-0.2, 0) is 6.54 Å². The lowest BCUT2D eigenvalue weighted by molar-refractivity contribution is 0.425. The van der Waals surface area contributed by atoms with Gasteiger partial charge in [-0.3, -0.25) is 0 Å². The predicted octanol–water partition coefficient (Wildman–Crippen LogP) is 3.80. The van der Waals surface area contributed by atoms with Gasteiger partial charge >= 0.3 is 0 Å². The lowest BCUT2D eigenvalue weighted by Crippen LogP contribution is -2.16. The quantitative estimate of drug-likeness (QED) is 0.863. The Morgan fingerprint density at radius 1 is 1.62 bits per heavy atom. The molecule has 1 aromatic rings. The topological polar surface area (TPSA) is 21.3 Å². The first-order chi connectivity index (χ1) is 7.74. The summed E-state index contributed by atoms with van der Waals surface area (Å²) < 4.78 is 6.32. The fourth-order valence-electron chi connectivity index (χ4n) is 2.04. The highest BCUT2D eigenvalue weighted by Crippen LogP contribution is 2.37. The molecule has 1 fully saturated rings. The fraction of sp³-hybridized carbons (Fsp3) is 0.667. The molecule has 1 aromatic heterocycles. The Morgan fingerprint density at radius 3 is 3.06 bits per heavy atom. The first kappa shape index (κ1) is 12.4. The van der Waals surface area contributed by atoms with Crippen molar-refractivity contribution < 1.29 is 4.74 Å². The summed E-state index contributed by atoms with van der Waals surface area (Å²) >= 11 is 5.21. The van der Waals surface area contributed by atoms with Crippen molar-refractivity contribution in [1.82, 2.24) is 5.32 Å². The van der Waals surface area contributed by atoms with Crippen LogP contribution in [0.15, 0.2) is 10.5 Å². The summed E-state index contributed by atoms with van der Waals surface area (Å²) in [5.41, 5.74) is 0. The zero-order chi connectivity index (χ0) is 11.5. The second kappa shape index (κ2) is 5.52. The number of halogens is 1. The van der Waals surface area contributed by atoms with Gasteiger partial charge in [-0.2, -0.15) is 0 Å². The van der Waals surface area contributed by atoms with Crippen molar-refractivity contribution in [1.29, 1.82) is 0 Å². The molecule has 0 aliphatic heterocycles. The van der Waals surface area contributed by atoms with E-state index < -0.39 is 0 Å². The maximum absolute atomic E-state index is 5.25. The lowest BCUT2D eigenvalue weighted by atomic mass is 10.2. The van der Waals surface area contributed by atoms with Crippen molar-refractivity contribution in [2.45, 2.75) is 38.8 Å². The van der Waals surface area contributed by atoms with Crippen LogP contribution >= 0.6 is 27.3 Å². The smallest absolute Gasteiger partial charge is 0.188 e. The standard InChI is InChI=1S/C12H18BrNOS/c1-3-4-8-5-11(8)14-7-9-6-10(13)12(15-2)16-9/h6,8,11,14H,3-5,7H2,1-2H3. The molecule has 90 valence electrons. The van der Waals surface area contributed by atoms with Gasteiger partial charge in [0, 0.05) is 17.5 Å². The third kappa shape index (κ3) is 2.99. The third-order valence-electron chi connectivity index (χ3n) is 3.01. The Morgan fingerprint density at radius 2 is 2.44 bits per heavy atom. The van der Waals surface area contributed by atoms with Crippen molar-refractivity contribution in [3.05, 3.63) is 15.4 Å². The minimum absolute atomic E-state index is 0.756. The van der Waals surface area contributed by atoms with E-state index in [9.17, 15) is 0 Å². The molecule has 2 unspecified atom stereocenters. The average Bonchev–Trinajstić information content (AvgIpc) is 2.91. The molecule has 1 saturated carbocycles. The normalized spacial score (nSPS) is 23.4. The Bertz CT molecular complexity index is 353. The lowest BCUT2D eigenvalue weighted by Gasteiger charge is -2.01. The van der Waals surface area contributed by atoms with E-state index >= 15 is 0 Å². The highest BCUT2D eigenvalue weighted by atomic mass is 79.9. The second-order valence-electron chi connectivity index (χ2n) is 4.32. The van der Waals surface area contributed by atoms with Gasteiger partial charge < -0.3 is 10.1 Å². The first-order valence-electron chi connectivity index (χ1n) is 5.80. The van der Waals surface area contributed by atoms with Gasteiger partial charge in [-0.25, -0.2) is 0 Å². The van der Waals surface area contributed by atoms with E-state index in [4.69, 9.17) is 4.74 Å². The molecular formula is C12H18BrNOS. The van der Waals surface area contributed by atoms with E-state index in [1.165, 1.54) is 24.1 Å². The van der Waals surface area contributed by atoms with E-state index in [1.807, 2.05) is 0 Å². The van der Waals surface area contributed by atoms with Gasteiger partial charge in [0.25, 0.3) is 0 Å². The van der Waals surface area contributed by atoms with Crippen LogP contribution in [0, 0.1) is 5.92 Å². The summed E-state index contributed by atoms with van der Waals surface area (Å²) in [7, 11) is 1.71. The van der Waals surface area contributed by atoms with E-state index in [0.29, 0.717) is 0 Å². The van der Waals surface area contributed by atoms with Gasteiger partial charge in [-0.15, -0.1) is 11.3 Å². The zero-order valence-corrected chi connectivity index (χ0v) is 12.2. The van der Waals surface area contributed by atoms with Crippen LogP contribution in [0.2, 0.25) is 0 Å². The summed E-state index contributed by atoms with van der Waals surface area (Å²) in [4.78, 5) is 1.34. The molecule has 0 radical (unpaired) electrons. The van der Waals surface area contributed by atoms with Gasteiger partial charge in [-0.1, -0.05) is 13.3 Å². The van der Waals surface area contributed by atoms with Crippen molar-refractivity contribution in [2.24, 2.45) is 5.92 Å². The van der Waals surface area contributed by atoms with Crippen molar-refractivity contribution in [2.75, 3.05) is 7.11 Å². The van der Waals surface area contributed by atoms with E-state index in [-0.39, 0.29) is 0 Å². The number of hydrogen-bond acceptors (Lipinski definition) is 3. The Balaban J connectivity index is 1.77. The summed E-state index contributed by atoms with van der Waals surface area (Å²) in [6, 6.07) is 2.90. The third-order valence-corrected chi connectivity index (χ3v) is 4.96. The van der Waals surface area contributed by atoms with Crippen LogP contribution < -0.4 is 10.1 Å². The Kier molecular flexibility index (Phi) is 4.27. The minimum atomic E-state index is 0.756. The molecule has 4 heteroatoms. The molecule has 0 bridgehead atoms. The number of thiophene rings is 1. The summed E-state index contributed by atoms with van der Waals surface area (Å²) in [5, 5.41) is 4.58. The summed E-state index contributed by atoms with van der Waals surface area (Å²) in [6.45, 7) is 3.23. The minimum Gasteiger partial charge on any atom is -0.486 e. The molecule has 2 atom stereocenters. The molecule has 0 amide bonds. The van der Waals surface area contributed by atoms with E-state index in [2.05, 4.69) is 34.2 Å². The van der Waals surface area contributed by atoms with Gasteiger partial charge in [0.1, 0.15) is 0 Å². The van der Waals surface area contributed by atoms with Gasteiger partial charge in [-0.05, 0) is 40.8 Å². The van der Waals surface area contributed by atoms with Crippen LogP contribution in [-0.4, -0.2) is 13.2 Å². The Hall–Kier alpha value is -0.0600. The van der Waals surface area contributed by atoms with E-state index in [0.717, 1.165) is 28.0 Å². The van der Waals surface area contributed by atoms with Crippen LogP contribution in [0.25, 0.3) is 0 Å². The molecule has 1 N–H and O–H groups in total. The van der Waals surface area contributed by atoms with Gasteiger partial charge in [0.2, 0.25) is 0 Å². The Labute approximate surface area is 110 Å². The van der Waals surface area contributed by atoms with Crippen molar-refractivity contribution in [3.8, 4) is 5.06 Å². The molecule has 0 aromatic carbocycles. The molecular weight excluding hydrogens is 286 g/mol. The van der Waals surface area contributed by atoms with Crippen molar-refractivity contribution in [3.63, 3.8) is 0 Å². The first-order valence-corrected chi connectivity index (χ1v) is 7.41. The highest BCUT2D eigenvalue weighted by molar-refractivity contribution is 9.10. The summed E-state index contributed by atoms with van der Waals surface area (Å²) in [6.07, 6.45) is 4.04.